The lowest BCUT2D eigenvalue weighted by Crippen LogP contribution is -2.24. The highest BCUT2D eigenvalue weighted by molar-refractivity contribution is 7.13. The Kier molecular flexibility index (Phi) is 3.91. The Morgan fingerprint density at radius 2 is 2.11 bits per heavy atom. The van der Waals surface area contributed by atoms with Crippen molar-refractivity contribution in [2.75, 3.05) is 0 Å². The van der Waals surface area contributed by atoms with Crippen molar-refractivity contribution < 1.29 is 9.32 Å². The van der Waals surface area contributed by atoms with Gasteiger partial charge in [0.25, 0.3) is 11.6 Å². The maximum Gasteiger partial charge on any atom is 0.259 e. The number of aromatic amines is 1. The Bertz CT molecular complexity index is 1270. The molecule has 0 unspecified atom stereocenters. The van der Waals surface area contributed by atoms with E-state index in [1.165, 1.54) is 0 Å². The lowest BCUT2D eigenvalue weighted by atomic mass is 10.1. The van der Waals surface area contributed by atoms with Crippen LogP contribution in [0.2, 0.25) is 0 Å². The molecule has 7 nitrogen and oxygen atoms in total. The number of para-hydroxylation sites is 2. The summed E-state index contributed by atoms with van der Waals surface area (Å²) in [4.78, 5) is 26.2. The van der Waals surface area contributed by atoms with E-state index in [1.807, 2.05) is 41.8 Å². The highest BCUT2D eigenvalue weighted by Gasteiger charge is 2.19. The van der Waals surface area contributed by atoms with E-state index in [1.54, 1.807) is 24.3 Å². The second-order valence-corrected chi connectivity index (χ2v) is 7.31. The summed E-state index contributed by atoms with van der Waals surface area (Å²) in [6, 6.07) is 13.4. The van der Waals surface area contributed by atoms with E-state index in [9.17, 15) is 4.79 Å². The number of aromatic nitrogens is 4. The molecule has 4 aromatic heterocycles. The Labute approximate surface area is 163 Å². The minimum atomic E-state index is -0.225. The quantitative estimate of drug-likeness (QED) is 0.483. The monoisotopic (exact) mass is 389 g/mol. The van der Waals surface area contributed by atoms with E-state index >= 15 is 0 Å². The predicted octanol–water partition coefficient (Wildman–Crippen LogP) is 4.07. The zero-order valence-corrected chi connectivity index (χ0v) is 15.7. The fourth-order valence-electron chi connectivity index (χ4n) is 3.17. The van der Waals surface area contributed by atoms with Crippen LogP contribution in [0.25, 0.3) is 32.7 Å². The first-order chi connectivity index (χ1) is 13.7. The van der Waals surface area contributed by atoms with Crippen molar-refractivity contribution in [2.24, 2.45) is 0 Å². The van der Waals surface area contributed by atoms with Gasteiger partial charge < -0.3 is 14.8 Å². The lowest BCUT2D eigenvalue weighted by Gasteiger charge is -2.06. The molecule has 0 fully saturated rings. The van der Waals surface area contributed by atoms with Gasteiger partial charge in [-0.3, -0.25) is 4.79 Å². The van der Waals surface area contributed by atoms with Gasteiger partial charge in [-0.05, 0) is 36.6 Å². The zero-order valence-electron chi connectivity index (χ0n) is 14.9. The van der Waals surface area contributed by atoms with Crippen LogP contribution in [-0.2, 0) is 6.54 Å². The second-order valence-electron chi connectivity index (χ2n) is 6.36. The minimum Gasteiger partial charge on any atom is -0.345 e. The molecule has 2 N–H and O–H groups in total. The molecule has 0 aliphatic rings. The van der Waals surface area contributed by atoms with Crippen molar-refractivity contribution >= 4 is 39.4 Å². The van der Waals surface area contributed by atoms with Gasteiger partial charge in [-0.25, -0.2) is 9.97 Å². The molecule has 5 aromatic rings. The molecule has 0 radical (unpaired) electrons. The van der Waals surface area contributed by atoms with Crippen LogP contribution in [0, 0.1) is 6.92 Å². The molecular formula is C20H15N5O2S. The molecule has 28 heavy (non-hydrogen) atoms. The smallest absolute Gasteiger partial charge is 0.259 e. The zero-order chi connectivity index (χ0) is 19.1. The average Bonchev–Trinajstić information content (AvgIpc) is 3.45. The summed E-state index contributed by atoms with van der Waals surface area (Å²) < 4.78 is 5.33. The van der Waals surface area contributed by atoms with Gasteiger partial charge in [0, 0.05) is 0 Å². The fraction of sp³-hybridized carbons (Fsp3) is 0.100. The number of hydrogen-bond acceptors (Lipinski definition) is 6. The van der Waals surface area contributed by atoms with E-state index in [4.69, 9.17) is 4.52 Å². The maximum absolute atomic E-state index is 13.0. The van der Waals surface area contributed by atoms with Gasteiger partial charge in [0.15, 0.2) is 0 Å². The van der Waals surface area contributed by atoms with Crippen LogP contribution in [0.15, 0.2) is 52.4 Å². The largest absolute Gasteiger partial charge is 0.345 e. The number of nitrogens with zero attached hydrogens (tertiary/aromatic N) is 3. The van der Waals surface area contributed by atoms with E-state index in [2.05, 4.69) is 25.4 Å². The molecule has 0 spiro atoms. The molecule has 0 aliphatic carbocycles. The molecule has 0 saturated heterocycles. The van der Waals surface area contributed by atoms with E-state index in [0.717, 1.165) is 15.9 Å². The van der Waals surface area contributed by atoms with Crippen molar-refractivity contribution in [1.82, 2.24) is 25.4 Å². The molecule has 8 heteroatoms. The Hall–Kier alpha value is -3.52. The first-order valence-electron chi connectivity index (χ1n) is 8.72. The number of benzene rings is 1. The molecule has 5 rings (SSSR count). The van der Waals surface area contributed by atoms with Crippen LogP contribution < -0.4 is 5.32 Å². The van der Waals surface area contributed by atoms with Crippen LogP contribution >= 0.6 is 11.3 Å². The van der Waals surface area contributed by atoms with Crippen molar-refractivity contribution in [3.8, 4) is 10.6 Å². The third-order valence-electron chi connectivity index (χ3n) is 4.49. The van der Waals surface area contributed by atoms with Crippen molar-refractivity contribution in [1.29, 1.82) is 0 Å². The van der Waals surface area contributed by atoms with Crippen LogP contribution in [0.1, 0.15) is 21.9 Å². The van der Waals surface area contributed by atoms with E-state index in [-0.39, 0.29) is 12.5 Å². The van der Waals surface area contributed by atoms with Gasteiger partial charge in [-0.1, -0.05) is 23.4 Å². The first-order valence-corrected chi connectivity index (χ1v) is 9.60. The minimum absolute atomic E-state index is 0.225. The average molecular weight is 389 g/mol. The summed E-state index contributed by atoms with van der Waals surface area (Å²) in [5.74, 6) is 0.470. The van der Waals surface area contributed by atoms with Gasteiger partial charge in [0.1, 0.15) is 5.82 Å². The van der Waals surface area contributed by atoms with Crippen LogP contribution in [0.4, 0.5) is 0 Å². The Balaban J connectivity index is 1.48. The summed E-state index contributed by atoms with van der Waals surface area (Å²) in [6.07, 6.45) is 0. The van der Waals surface area contributed by atoms with Gasteiger partial charge in [0.05, 0.1) is 44.8 Å². The first kappa shape index (κ1) is 16.6. The third-order valence-corrected chi connectivity index (χ3v) is 5.38. The number of imidazole rings is 1. The number of fused-ring (bicyclic) bond motifs is 2. The Morgan fingerprint density at radius 1 is 1.21 bits per heavy atom. The highest BCUT2D eigenvalue weighted by Crippen LogP contribution is 2.29. The number of thiophene rings is 1. The van der Waals surface area contributed by atoms with Crippen molar-refractivity contribution in [2.45, 2.75) is 13.5 Å². The lowest BCUT2D eigenvalue weighted by molar-refractivity contribution is 0.0951. The number of hydrogen-bond donors (Lipinski definition) is 2. The van der Waals surface area contributed by atoms with Crippen molar-refractivity contribution in [3.05, 3.63) is 64.9 Å². The van der Waals surface area contributed by atoms with Gasteiger partial charge >= 0.3 is 0 Å². The molecule has 138 valence electrons. The normalized spacial score (nSPS) is 11.3. The number of rotatable bonds is 4. The number of H-pyrrole nitrogens is 1. The molecular weight excluding hydrogens is 374 g/mol. The van der Waals surface area contributed by atoms with Crippen molar-refractivity contribution in [3.63, 3.8) is 0 Å². The Morgan fingerprint density at radius 3 is 2.93 bits per heavy atom. The second kappa shape index (κ2) is 6.58. The number of amides is 1. The number of pyridine rings is 1. The molecule has 0 atom stereocenters. The molecule has 1 aromatic carbocycles. The molecule has 1 amide bonds. The van der Waals surface area contributed by atoms with Gasteiger partial charge in [-0.15, -0.1) is 11.3 Å². The fourth-order valence-corrected chi connectivity index (χ4v) is 3.86. The van der Waals surface area contributed by atoms with Crippen LogP contribution in [0.5, 0.6) is 0 Å². The SMILES string of the molecule is Cc1noc2nc(-c3cccs3)cc(C(=O)NCc3nc4ccccc4[nH]3)c12. The van der Waals surface area contributed by atoms with E-state index < -0.39 is 0 Å². The summed E-state index contributed by atoms with van der Waals surface area (Å²) in [6.45, 7) is 2.09. The molecule has 4 heterocycles. The number of aryl methyl sites for hydroxylation is 1. The molecule has 0 aliphatic heterocycles. The topological polar surface area (TPSA) is 96.7 Å². The summed E-state index contributed by atoms with van der Waals surface area (Å²) in [7, 11) is 0. The predicted molar refractivity (Wildman–Crippen MR) is 107 cm³/mol. The van der Waals surface area contributed by atoms with Gasteiger partial charge in [0.2, 0.25) is 0 Å². The van der Waals surface area contributed by atoms with Crippen LogP contribution in [-0.4, -0.2) is 26.0 Å². The van der Waals surface area contributed by atoms with Crippen LogP contribution in [0.3, 0.4) is 0 Å². The molecule has 0 bridgehead atoms. The number of carbonyl (C=O) groups excluding carboxylic acids is 1. The molecule has 0 saturated carbocycles. The standard InChI is InChI=1S/C20H15N5O2S/c1-11-18-12(9-15(16-7-4-8-28-16)24-20(18)27-25-11)19(26)21-10-17-22-13-5-2-3-6-14(13)23-17/h2-9H,10H2,1H3,(H,21,26)(H,22,23). The highest BCUT2D eigenvalue weighted by atomic mass is 32.1. The number of nitrogens with one attached hydrogen (secondary N) is 2. The number of carbonyl (C=O) groups is 1. The summed E-state index contributed by atoms with van der Waals surface area (Å²) in [5.41, 5.74) is 3.98. The van der Waals surface area contributed by atoms with E-state index in [0.29, 0.717) is 33.9 Å². The maximum atomic E-state index is 13.0. The third kappa shape index (κ3) is 2.84. The summed E-state index contributed by atoms with van der Waals surface area (Å²) >= 11 is 1.55. The summed E-state index contributed by atoms with van der Waals surface area (Å²) in [5, 5.41) is 9.50. The van der Waals surface area contributed by atoms with Gasteiger partial charge in [-0.2, -0.15) is 0 Å².